The molecule has 0 radical (unpaired) electrons. The zero-order chi connectivity index (χ0) is 24.2. The Morgan fingerprint density at radius 3 is 1.91 bits per heavy atom. The molecule has 0 spiro atoms. The van der Waals surface area contributed by atoms with Crippen LogP contribution >= 0.6 is 0 Å². The summed E-state index contributed by atoms with van der Waals surface area (Å²) in [5, 5.41) is 2.22. The summed E-state index contributed by atoms with van der Waals surface area (Å²) in [4.78, 5) is 2.23. The molecule has 0 amide bonds. The molecule has 0 aliphatic carbocycles. The van der Waals surface area contributed by atoms with Crippen LogP contribution in [0.3, 0.4) is 0 Å². The van der Waals surface area contributed by atoms with Crippen molar-refractivity contribution in [3.63, 3.8) is 0 Å². The molecule has 1 saturated heterocycles. The van der Waals surface area contributed by atoms with Crippen LogP contribution in [0.5, 0.6) is 0 Å². The Morgan fingerprint density at radius 2 is 1.20 bits per heavy atom. The van der Waals surface area contributed by atoms with Gasteiger partial charge >= 0.3 is 7.12 Å². The molecular formula is C30H28BNO3. The molecule has 1 fully saturated rings. The van der Waals surface area contributed by atoms with Gasteiger partial charge in [0.1, 0.15) is 5.58 Å². The molecule has 0 bridgehead atoms. The van der Waals surface area contributed by atoms with Crippen molar-refractivity contribution in [2.24, 2.45) is 0 Å². The molecule has 4 aromatic carbocycles. The van der Waals surface area contributed by atoms with Gasteiger partial charge in [-0.2, -0.15) is 0 Å². The van der Waals surface area contributed by atoms with E-state index >= 15 is 0 Å². The lowest BCUT2D eigenvalue weighted by Gasteiger charge is -2.32. The highest BCUT2D eigenvalue weighted by Gasteiger charge is 2.51. The van der Waals surface area contributed by atoms with Gasteiger partial charge in [0.2, 0.25) is 0 Å². The first-order valence-corrected chi connectivity index (χ1v) is 12.1. The Balaban J connectivity index is 1.45. The monoisotopic (exact) mass is 461 g/mol. The quantitative estimate of drug-likeness (QED) is 0.262. The van der Waals surface area contributed by atoms with E-state index < -0.39 is 7.12 Å². The maximum atomic E-state index is 6.38. The smallest absolute Gasteiger partial charge is 0.454 e. The van der Waals surface area contributed by atoms with Crippen LogP contribution in [0, 0.1) is 0 Å². The molecule has 174 valence electrons. The third-order valence-corrected chi connectivity index (χ3v) is 7.32. The van der Waals surface area contributed by atoms with E-state index in [2.05, 4.69) is 105 Å². The minimum absolute atomic E-state index is 0.372. The zero-order valence-corrected chi connectivity index (χ0v) is 20.5. The number of fused-ring (bicyclic) bond motifs is 3. The summed E-state index contributed by atoms with van der Waals surface area (Å²) in [6.45, 7) is 8.30. The summed E-state index contributed by atoms with van der Waals surface area (Å²) in [7, 11) is -0.391. The van der Waals surface area contributed by atoms with Gasteiger partial charge in [-0.1, -0.05) is 60.7 Å². The van der Waals surface area contributed by atoms with E-state index in [9.17, 15) is 0 Å². The van der Waals surface area contributed by atoms with Crippen LogP contribution in [0.15, 0.2) is 101 Å². The highest BCUT2D eigenvalue weighted by atomic mass is 16.7. The highest BCUT2D eigenvalue weighted by Crippen LogP contribution is 2.42. The second kappa shape index (κ2) is 8.01. The number of rotatable bonds is 4. The maximum absolute atomic E-state index is 6.38. The van der Waals surface area contributed by atoms with Gasteiger partial charge in [0.15, 0.2) is 5.58 Å². The van der Waals surface area contributed by atoms with E-state index in [1.807, 2.05) is 24.3 Å². The van der Waals surface area contributed by atoms with Crippen molar-refractivity contribution in [2.45, 2.75) is 38.9 Å². The molecule has 1 aliphatic heterocycles. The topological polar surface area (TPSA) is 34.8 Å². The van der Waals surface area contributed by atoms with Crippen molar-refractivity contribution in [3.8, 4) is 0 Å². The first kappa shape index (κ1) is 22.0. The van der Waals surface area contributed by atoms with Crippen LogP contribution in [0.25, 0.3) is 21.9 Å². The third kappa shape index (κ3) is 3.63. The summed E-state index contributed by atoms with van der Waals surface area (Å²) >= 11 is 0. The molecule has 0 atom stereocenters. The number of para-hydroxylation sites is 3. The van der Waals surface area contributed by atoms with Crippen molar-refractivity contribution < 1.29 is 13.7 Å². The minimum Gasteiger partial charge on any atom is -0.454 e. The number of furan rings is 1. The molecule has 35 heavy (non-hydrogen) atoms. The fraction of sp³-hybridized carbons (Fsp3) is 0.200. The average molecular weight is 461 g/mol. The van der Waals surface area contributed by atoms with Crippen LogP contribution in [-0.2, 0) is 9.31 Å². The van der Waals surface area contributed by atoms with E-state index in [0.717, 1.165) is 44.5 Å². The van der Waals surface area contributed by atoms with Gasteiger partial charge in [0.25, 0.3) is 0 Å². The van der Waals surface area contributed by atoms with Crippen LogP contribution in [0.2, 0.25) is 0 Å². The molecule has 5 aromatic rings. The molecule has 0 unspecified atom stereocenters. The molecule has 2 heterocycles. The van der Waals surface area contributed by atoms with E-state index in [1.54, 1.807) is 0 Å². The van der Waals surface area contributed by atoms with Crippen LogP contribution in [0.1, 0.15) is 27.7 Å². The summed E-state index contributed by atoms with van der Waals surface area (Å²) in [6, 6.07) is 33.3. The van der Waals surface area contributed by atoms with Gasteiger partial charge in [-0.15, -0.1) is 0 Å². The largest absolute Gasteiger partial charge is 0.494 e. The Labute approximate surface area is 206 Å². The van der Waals surface area contributed by atoms with Gasteiger partial charge < -0.3 is 18.6 Å². The molecule has 4 nitrogen and oxygen atoms in total. The fourth-order valence-corrected chi connectivity index (χ4v) is 4.67. The van der Waals surface area contributed by atoms with Crippen LogP contribution < -0.4 is 10.4 Å². The molecule has 1 aliphatic rings. The summed E-state index contributed by atoms with van der Waals surface area (Å²) in [5.41, 5.74) is 5.10. The SMILES string of the molecule is CC1(C)OB(c2ccc(N(c3ccccc3)c3cccc4c3oc3ccccc34)cc2)OC1(C)C. The first-order chi connectivity index (χ1) is 16.8. The van der Waals surface area contributed by atoms with Crippen molar-refractivity contribution in [1.82, 2.24) is 0 Å². The van der Waals surface area contributed by atoms with E-state index in [4.69, 9.17) is 13.7 Å². The maximum Gasteiger partial charge on any atom is 0.494 e. The molecule has 1 aromatic heterocycles. The number of anilines is 3. The second-order valence-corrected chi connectivity index (χ2v) is 10.1. The summed E-state index contributed by atoms with van der Waals surface area (Å²) in [5.74, 6) is 0. The van der Waals surface area contributed by atoms with Gasteiger partial charge in [0, 0.05) is 22.1 Å². The van der Waals surface area contributed by atoms with Crippen LogP contribution in [0.4, 0.5) is 17.1 Å². The molecule has 0 saturated carbocycles. The van der Waals surface area contributed by atoms with Gasteiger partial charge in [-0.05, 0) is 69.6 Å². The predicted octanol–water partition coefficient (Wildman–Crippen LogP) is 7.36. The molecule has 5 heteroatoms. The Bertz CT molecular complexity index is 1490. The standard InChI is InChI=1S/C30H28BNO3/c1-29(2)30(3,4)35-31(34-29)21-17-19-23(20-18-21)32(22-11-6-5-7-12-22)26-15-10-14-25-24-13-8-9-16-27(24)33-28(25)26/h5-20H,1-4H3. The molecule has 0 N–H and O–H groups in total. The lowest BCUT2D eigenvalue weighted by atomic mass is 9.79. The van der Waals surface area contributed by atoms with Crippen molar-refractivity contribution in [2.75, 3.05) is 4.90 Å². The van der Waals surface area contributed by atoms with Gasteiger partial charge in [0.05, 0.1) is 16.9 Å². The normalized spacial score (nSPS) is 16.7. The van der Waals surface area contributed by atoms with Gasteiger partial charge in [-0.25, -0.2) is 0 Å². The number of nitrogens with zero attached hydrogens (tertiary/aromatic N) is 1. The first-order valence-electron chi connectivity index (χ1n) is 12.1. The van der Waals surface area contributed by atoms with Gasteiger partial charge in [-0.3, -0.25) is 0 Å². The van der Waals surface area contributed by atoms with Crippen LogP contribution in [-0.4, -0.2) is 18.3 Å². The Kier molecular flexibility index (Phi) is 5.03. The number of benzene rings is 4. The lowest BCUT2D eigenvalue weighted by molar-refractivity contribution is 0.00578. The highest BCUT2D eigenvalue weighted by molar-refractivity contribution is 6.62. The van der Waals surface area contributed by atoms with Crippen molar-refractivity contribution in [1.29, 1.82) is 0 Å². The Morgan fingerprint density at radius 1 is 0.600 bits per heavy atom. The molecular weight excluding hydrogens is 433 g/mol. The average Bonchev–Trinajstić information content (AvgIpc) is 3.34. The predicted molar refractivity (Wildman–Crippen MR) is 144 cm³/mol. The van der Waals surface area contributed by atoms with E-state index in [-0.39, 0.29) is 11.2 Å². The third-order valence-electron chi connectivity index (χ3n) is 7.32. The van der Waals surface area contributed by atoms with Crippen molar-refractivity contribution in [3.05, 3.63) is 97.1 Å². The fourth-order valence-electron chi connectivity index (χ4n) is 4.67. The summed E-state index contributed by atoms with van der Waals surface area (Å²) in [6.07, 6.45) is 0. The van der Waals surface area contributed by atoms with Crippen molar-refractivity contribution >= 4 is 51.6 Å². The second-order valence-electron chi connectivity index (χ2n) is 10.1. The number of hydrogen-bond donors (Lipinski definition) is 0. The van der Waals surface area contributed by atoms with E-state index in [0.29, 0.717) is 0 Å². The molecule has 6 rings (SSSR count). The Hall–Kier alpha value is -3.54. The minimum atomic E-state index is -0.391. The van der Waals surface area contributed by atoms with E-state index in [1.165, 1.54) is 0 Å². The summed E-state index contributed by atoms with van der Waals surface area (Å²) < 4.78 is 18.9. The number of hydrogen-bond acceptors (Lipinski definition) is 4. The zero-order valence-electron chi connectivity index (χ0n) is 20.5. The lowest BCUT2D eigenvalue weighted by Crippen LogP contribution is -2.41.